The third-order valence-electron chi connectivity index (χ3n) is 2.88. The molecule has 3 heteroatoms. The minimum absolute atomic E-state index is 0.165. The zero-order chi connectivity index (χ0) is 9.68. The number of aliphatic hydroxyl groups is 1. The molecule has 1 fully saturated rings. The van der Waals surface area contributed by atoms with E-state index in [1.54, 1.807) is 0 Å². The molecule has 2 atom stereocenters. The lowest BCUT2D eigenvalue weighted by molar-refractivity contribution is 0.0924. The standard InChI is InChI=1S/C10H22N2O/c1-3-8(4-2)12-9-7-11-6-5-10(9)13/h8-13H,3-7H2,1-2H3/t9-,10-/m0/s1. The average Bonchev–Trinajstić information content (AvgIpc) is 2.17. The molecule has 0 aromatic heterocycles. The number of nitrogens with one attached hydrogen (secondary N) is 2. The van der Waals surface area contributed by atoms with E-state index in [1.807, 2.05) is 0 Å². The zero-order valence-electron chi connectivity index (χ0n) is 8.71. The van der Waals surface area contributed by atoms with Crippen molar-refractivity contribution in [2.75, 3.05) is 13.1 Å². The van der Waals surface area contributed by atoms with Crippen LogP contribution in [0.4, 0.5) is 0 Å². The maximum Gasteiger partial charge on any atom is 0.0717 e. The Morgan fingerprint density at radius 3 is 2.69 bits per heavy atom. The van der Waals surface area contributed by atoms with Crippen molar-refractivity contribution in [2.24, 2.45) is 0 Å². The second-order valence-corrected chi connectivity index (χ2v) is 3.85. The second-order valence-electron chi connectivity index (χ2n) is 3.85. The first-order valence-electron chi connectivity index (χ1n) is 5.42. The van der Waals surface area contributed by atoms with Gasteiger partial charge in [0.2, 0.25) is 0 Å². The highest BCUT2D eigenvalue weighted by molar-refractivity contribution is 4.85. The molecule has 78 valence electrons. The Morgan fingerprint density at radius 2 is 2.15 bits per heavy atom. The fourth-order valence-corrected chi connectivity index (χ4v) is 1.84. The second kappa shape index (κ2) is 5.58. The van der Waals surface area contributed by atoms with Crippen LogP contribution < -0.4 is 10.6 Å². The highest BCUT2D eigenvalue weighted by Gasteiger charge is 2.23. The molecule has 0 saturated carbocycles. The molecule has 0 radical (unpaired) electrons. The Kier molecular flexibility index (Phi) is 4.70. The van der Waals surface area contributed by atoms with E-state index in [9.17, 15) is 5.11 Å². The molecule has 3 N–H and O–H groups in total. The van der Waals surface area contributed by atoms with Crippen LogP contribution in [-0.4, -0.2) is 36.4 Å². The summed E-state index contributed by atoms with van der Waals surface area (Å²) in [5, 5.41) is 16.5. The molecule has 1 rings (SSSR count). The Bertz CT molecular complexity index is 137. The molecule has 0 unspecified atom stereocenters. The quantitative estimate of drug-likeness (QED) is 0.598. The van der Waals surface area contributed by atoms with Crippen molar-refractivity contribution >= 4 is 0 Å². The van der Waals surface area contributed by atoms with Gasteiger partial charge in [-0.25, -0.2) is 0 Å². The molecule has 0 aromatic rings. The van der Waals surface area contributed by atoms with Crippen LogP contribution in [0.15, 0.2) is 0 Å². The van der Waals surface area contributed by atoms with E-state index in [0.717, 1.165) is 32.4 Å². The maximum absolute atomic E-state index is 9.71. The van der Waals surface area contributed by atoms with E-state index < -0.39 is 0 Å². The zero-order valence-corrected chi connectivity index (χ0v) is 8.71. The molecule has 0 aromatic carbocycles. The van der Waals surface area contributed by atoms with E-state index >= 15 is 0 Å². The van der Waals surface area contributed by atoms with Gasteiger partial charge in [0.05, 0.1) is 6.10 Å². The van der Waals surface area contributed by atoms with Gasteiger partial charge in [0.15, 0.2) is 0 Å². The van der Waals surface area contributed by atoms with Gasteiger partial charge >= 0.3 is 0 Å². The van der Waals surface area contributed by atoms with Crippen molar-refractivity contribution in [1.29, 1.82) is 0 Å². The molecule has 0 aliphatic carbocycles. The normalized spacial score (nSPS) is 29.5. The maximum atomic E-state index is 9.71. The Hall–Kier alpha value is -0.120. The summed E-state index contributed by atoms with van der Waals surface area (Å²) >= 11 is 0. The summed E-state index contributed by atoms with van der Waals surface area (Å²) in [5.41, 5.74) is 0. The van der Waals surface area contributed by atoms with Crippen molar-refractivity contribution in [3.8, 4) is 0 Å². The van der Waals surface area contributed by atoms with Crippen molar-refractivity contribution in [3.05, 3.63) is 0 Å². The third-order valence-corrected chi connectivity index (χ3v) is 2.88. The molecular weight excluding hydrogens is 164 g/mol. The van der Waals surface area contributed by atoms with Gasteiger partial charge < -0.3 is 15.7 Å². The molecule has 1 aliphatic rings. The molecular formula is C10H22N2O. The van der Waals surface area contributed by atoms with Crippen molar-refractivity contribution < 1.29 is 5.11 Å². The van der Waals surface area contributed by atoms with Crippen molar-refractivity contribution in [2.45, 2.75) is 51.3 Å². The van der Waals surface area contributed by atoms with Crippen LogP contribution in [0, 0.1) is 0 Å². The van der Waals surface area contributed by atoms with Gasteiger partial charge in [-0.05, 0) is 25.8 Å². The molecule has 13 heavy (non-hydrogen) atoms. The fraction of sp³-hybridized carbons (Fsp3) is 1.00. The number of hydrogen-bond donors (Lipinski definition) is 3. The monoisotopic (exact) mass is 186 g/mol. The Labute approximate surface area is 80.9 Å². The molecule has 0 amide bonds. The number of rotatable bonds is 4. The Morgan fingerprint density at radius 1 is 1.46 bits per heavy atom. The lowest BCUT2D eigenvalue weighted by Crippen LogP contribution is -2.54. The summed E-state index contributed by atoms with van der Waals surface area (Å²) in [6, 6.07) is 0.804. The molecule has 0 spiro atoms. The summed E-state index contributed by atoms with van der Waals surface area (Å²) in [5.74, 6) is 0. The molecule has 3 nitrogen and oxygen atoms in total. The largest absolute Gasteiger partial charge is 0.391 e. The van der Waals surface area contributed by atoms with E-state index in [0.29, 0.717) is 6.04 Å². The fourth-order valence-electron chi connectivity index (χ4n) is 1.84. The van der Waals surface area contributed by atoms with Crippen LogP contribution in [0.3, 0.4) is 0 Å². The summed E-state index contributed by atoms with van der Waals surface area (Å²) in [6.45, 7) is 6.22. The summed E-state index contributed by atoms with van der Waals surface area (Å²) in [6.07, 6.45) is 2.99. The van der Waals surface area contributed by atoms with Gasteiger partial charge in [0.1, 0.15) is 0 Å². The lowest BCUT2D eigenvalue weighted by Gasteiger charge is -2.32. The van der Waals surface area contributed by atoms with Gasteiger partial charge in [-0.2, -0.15) is 0 Å². The average molecular weight is 186 g/mol. The van der Waals surface area contributed by atoms with Crippen LogP contribution >= 0.6 is 0 Å². The van der Waals surface area contributed by atoms with Gasteiger partial charge in [-0.15, -0.1) is 0 Å². The van der Waals surface area contributed by atoms with Gasteiger partial charge in [-0.1, -0.05) is 13.8 Å². The van der Waals surface area contributed by atoms with Crippen LogP contribution in [0.2, 0.25) is 0 Å². The molecule has 1 saturated heterocycles. The van der Waals surface area contributed by atoms with E-state index in [2.05, 4.69) is 24.5 Å². The number of aliphatic hydroxyl groups excluding tert-OH is 1. The minimum Gasteiger partial charge on any atom is -0.391 e. The predicted molar refractivity (Wildman–Crippen MR) is 54.8 cm³/mol. The van der Waals surface area contributed by atoms with Gasteiger partial charge in [0, 0.05) is 18.6 Å². The van der Waals surface area contributed by atoms with Gasteiger partial charge in [-0.3, -0.25) is 0 Å². The summed E-state index contributed by atoms with van der Waals surface area (Å²) in [4.78, 5) is 0. The van der Waals surface area contributed by atoms with Crippen LogP contribution in [0.1, 0.15) is 33.1 Å². The van der Waals surface area contributed by atoms with Crippen LogP contribution in [0.25, 0.3) is 0 Å². The molecule has 1 aliphatic heterocycles. The highest BCUT2D eigenvalue weighted by atomic mass is 16.3. The highest BCUT2D eigenvalue weighted by Crippen LogP contribution is 2.06. The van der Waals surface area contributed by atoms with Crippen LogP contribution in [-0.2, 0) is 0 Å². The molecule has 0 bridgehead atoms. The Balaban J connectivity index is 2.32. The topological polar surface area (TPSA) is 44.3 Å². The summed E-state index contributed by atoms with van der Waals surface area (Å²) in [7, 11) is 0. The van der Waals surface area contributed by atoms with Crippen LogP contribution in [0.5, 0.6) is 0 Å². The smallest absolute Gasteiger partial charge is 0.0717 e. The number of hydrogen-bond acceptors (Lipinski definition) is 3. The van der Waals surface area contributed by atoms with Gasteiger partial charge in [0.25, 0.3) is 0 Å². The predicted octanol–water partition coefficient (Wildman–Crippen LogP) is 0.487. The van der Waals surface area contributed by atoms with E-state index in [-0.39, 0.29) is 12.1 Å². The molecule has 1 heterocycles. The lowest BCUT2D eigenvalue weighted by atomic mass is 10.0. The number of piperidine rings is 1. The van der Waals surface area contributed by atoms with E-state index in [1.165, 1.54) is 0 Å². The first-order chi connectivity index (χ1) is 6.27. The third kappa shape index (κ3) is 3.25. The van der Waals surface area contributed by atoms with Crippen molar-refractivity contribution in [1.82, 2.24) is 10.6 Å². The first-order valence-corrected chi connectivity index (χ1v) is 5.42. The first kappa shape index (κ1) is 11.0. The van der Waals surface area contributed by atoms with E-state index in [4.69, 9.17) is 0 Å². The summed E-state index contributed by atoms with van der Waals surface area (Å²) < 4.78 is 0. The minimum atomic E-state index is -0.165. The SMILES string of the molecule is CCC(CC)N[C@H]1CNCC[C@@H]1O. The van der Waals surface area contributed by atoms with Crippen molar-refractivity contribution in [3.63, 3.8) is 0 Å².